The van der Waals surface area contributed by atoms with Gasteiger partial charge in [0.2, 0.25) is 10.0 Å². The minimum Gasteiger partial charge on any atom is -0.336 e. The molecule has 0 fully saturated rings. The summed E-state index contributed by atoms with van der Waals surface area (Å²) in [6, 6.07) is 1.55. The molecule has 0 bridgehead atoms. The maximum Gasteiger partial charge on any atom is 0.257 e. The van der Waals surface area contributed by atoms with Gasteiger partial charge in [0.1, 0.15) is 10.7 Å². The van der Waals surface area contributed by atoms with Gasteiger partial charge in [0.15, 0.2) is 0 Å². The van der Waals surface area contributed by atoms with Crippen LogP contribution in [0.2, 0.25) is 0 Å². The van der Waals surface area contributed by atoms with E-state index < -0.39 is 10.0 Å². The lowest BCUT2D eigenvalue weighted by Gasteiger charge is -2.23. The first-order valence-corrected chi connectivity index (χ1v) is 9.23. The quantitative estimate of drug-likeness (QED) is 0.762. The van der Waals surface area contributed by atoms with Crippen LogP contribution >= 0.6 is 0 Å². The van der Waals surface area contributed by atoms with Crippen molar-refractivity contribution in [3.05, 3.63) is 36.2 Å². The number of hydrogen-bond acceptors (Lipinski definition) is 6. The number of nitrogens with one attached hydrogen (secondary N) is 1. The summed E-state index contributed by atoms with van der Waals surface area (Å²) in [6.07, 6.45) is 6.80. The lowest BCUT2D eigenvalue weighted by molar-refractivity contribution is 0.363. The summed E-state index contributed by atoms with van der Waals surface area (Å²) in [4.78, 5) is 8.43. The fourth-order valence-electron chi connectivity index (χ4n) is 2.99. The first kappa shape index (κ1) is 15.3. The van der Waals surface area contributed by atoms with Crippen LogP contribution in [0.5, 0.6) is 0 Å². The summed E-state index contributed by atoms with van der Waals surface area (Å²) in [7, 11) is -3.62. The van der Waals surface area contributed by atoms with E-state index in [1.54, 1.807) is 19.2 Å². The Hall–Kier alpha value is -2.26. The molecule has 0 aromatic carbocycles. The Morgan fingerprint density at radius 2 is 2.29 bits per heavy atom. The van der Waals surface area contributed by atoms with Gasteiger partial charge in [-0.25, -0.2) is 23.1 Å². The normalized spacial score (nSPS) is 18.0. The average Bonchev–Trinajstić information content (AvgIpc) is 3.19. The lowest BCUT2D eigenvalue weighted by Crippen LogP contribution is -2.33. The minimum absolute atomic E-state index is 0.125. The molecule has 4 heterocycles. The number of fused-ring (bicyclic) bond motifs is 2. The number of rotatable bonds is 4. The first-order chi connectivity index (χ1) is 11.5. The Morgan fingerprint density at radius 3 is 3.17 bits per heavy atom. The van der Waals surface area contributed by atoms with Crippen LogP contribution in [-0.4, -0.2) is 34.7 Å². The van der Waals surface area contributed by atoms with Gasteiger partial charge in [-0.05, 0) is 25.3 Å². The molecule has 3 aromatic rings. The van der Waals surface area contributed by atoms with Crippen LogP contribution in [0.3, 0.4) is 0 Å². The molecule has 126 valence electrons. The summed E-state index contributed by atoms with van der Waals surface area (Å²) < 4.78 is 34.8. The van der Waals surface area contributed by atoms with Crippen molar-refractivity contribution in [3.63, 3.8) is 0 Å². The first-order valence-electron chi connectivity index (χ1n) is 7.74. The van der Waals surface area contributed by atoms with E-state index >= 15 is 0 Å². The SMILES string of the molecule is Cc1noc2ncc(S(=O)(=O)NC[C@@H]3CCc4nccn4C3)cc12. The third-order valence-electron chi connectivity index (χ3n) is 4.39. The maximum atomic E-state index is 12.5. The van der Waals surface area contributed by atoms with Crippen LogP contribution in [-0.2, 0) is 23.0 Å². The van der Waals surface area contributed by atoms with Crippen LogP contribution in [0.15, 0.2) is 34.1 Å². The number of hydrogen-bond donors (Lipinski definition) is 1. The van der Waals surface area contributed by atoms with Gasteiger partial charge in [-0.2, -0.15) is 0 Å². The number of sulfonamides is 1. The van der Waals surface area contributed by atoms with Crippen LogP contribution < -0.4 is 4.72 Å². The molecule has 8 nitrogen and oxygen atoms in total. The second kappa shape index (κ2) is 5.67. The Kier molecular flexibility index (Phi) is 3.61. The van der Waals surface area contributed by atoms with Gasteiger partial charge in [-0.15, -0.1) is 0 Å². The molecule has 1 N–H and O–H groups in total. The fraction of sp³-hybridized carbons (Fsp3) is 0.400. The zero-order valence-electron chi connectivity index (χ0n) is 13.1. The van der Waals surface area contributed by atoms with E-state index in [1.807, 2.05) is 6.20 Å². The number of aromatic nitrogens is 4. The van der Waals surface area contributed by atoms with Gasteiger partial charge in [-0.3, -0.25) is 0 Å². The molecule has 0 unspecified atom stereocenters. The van der Waals surface area contributed by atoms with Crippen LogP contribution in [0.1, 0.15) is 17.9 Å². The van der Waals surface area contributed by atoms with Gasteiger partial charge >= 0.3 is 0 Å². The summed E-state index contributed by atoms with van der Waals surface area (Å²) in [6.45, 7) is 2.92. The van der Waals surface area contributed by atoms with Gasteiger partial charge < -0.3 is 9.09 Å². The molecular weight excluding hydrogens is 330 g/mol. The average molecular weight is 347 g/mol. The van der Waals surface area contributed by atoms with Crippen LogP contribution in [0.25, 0.3) is 11.1 Å². The Labute approximate surface area is 138 Å². The molecule has 1 aliphatic heterocycles. The highest BCUT2D eigenvalue weighted by Crippen LogP contribution is 2.21. The van der Waals surface area contributed by atoms with E-state index in [2.05, 4.69) is 24.4 Å². The van der Waals surface area contributed by atoms with Crippen molar-refractivity contribution in [3.8, 4) is 0 Å². The number of pyridine rings is 1. The fourth-order valence-corrected chi connectivity index (χ4v) is 4.07. The van der Waals surface area contributed by atoms with Crippen molar-refractivity contribution >= 4 is 21.1 Å². The van der Waals surface area contributed by atoms with Crippen LogP contribution in [0, 0.1) is 12.8 Å². The third-order valence-corrected chi connectivity index (χ3v) is 5.78. The Balaban J connectivity index is 1.49. The second-order valence-corrected chi connectivity index (χ2v) is 7.81. The Morgan fingerprint density at radius 1 is 1.42 bits per heavy atom. The van der Waals surface area contributed by atoms with E-state index in [-0.39, 0.29) is 10.8 Å². The molecule has 3 aromatic heterocycles. The molecule has 0 saturated heterocycles. The number of nitrogens with zero attached hydrogens (tertiary/aromatic N) is 4. The topological polar surface area (TPSA) is 103 Å². The van der Waals surface area contributed by atoms with E-state index in [9.17, 15) is 8.42 Å². The molecule has 0 amide bonds. The molecule has 0 aliphatic carbocycles. The second-order valence-electron chi connectivity index (χ2n) is 6.04. The van der Waals surface area contributed by atoms with Gasteiger partial charge in [0, 0.05) is 31.9 Å². The third kappa shape index (κ3) is 2.69. The maximum absolute atomic E-state index is 12.5. The minimum atomic E-state index is -3.62. The molecule has 1 atom stereocenters. The summed E-state index contributed by atoms with van der Waals surface area (Å²) in [5.74, 6) is 1.31. The monoisotopic (exact) mass is 347 g/mol. The van der Waals surface area contributed by atoms with Crippen molar-refractivity contribution < 1.29 is 12.9 Å². The zero-order chi connectivity index (χ0) is 16.7. The highest BCUT2D eigenvalue weighted by Gasteiger charge is 2.22. The van der Waals surface area contributed by atoms with E-state index in [0.29, 0.717) is 23.3 Å². The highest BCUT2D eigenvalue weighted by atomic mass is 32.2. The van der Waals surface area contributed by atoms with E-state index in [1.165, 1.54) is 6.20 Å². The molecule has 1 aliphatic rings. The predicted molar refractivity (Wildman–Crippen MR) is 85.8 cm³/mol. The summed E-state index contributed by atoms with van der Waals surface area (Å²) in [5, 5.41) is 4.40. The smallest absolute Gasteiger partial charge is 0.257 e. The van der Waals surface area contributed by atoms with Gasteiger partial charge in [-0.1, -0.05) is 5.16 Å². The van der Waals surface area contributed by atoms with Crippen molar-refractivity contribution in [2.75, 3.05) is 6.54 Å². The molecule has 9 heteroatoms. The largest absolute Gasteiger partial charge is 0.336 e. The lowest BCUT2D eigenvalue weighted by atomic mass is 10.00. The van der Waals surface area contributed by atoms with E-state index in [4.69, 9.17) is 4.52 Å². The Bertz CT molecular complexity index is 992. The van der Waals surface area contributed by atoms with Gasteiger partial charge in [0.05, 0.1) is 17.3 Å². The van der Waals surface area contributed by atoms with Crippen molar-refractivity contribution in [1.29, 1.82) is 0 Å². The number of aryl methyl sites for hydroxylation is 2. The van der Waals surface area contributed by atoms with Crippen molar-refractivity contribution in [2.24, 2.45) is 5.92 Å². The van der Waals surface area contributed by atoms with Crippen LogP contribution in [0.4, 0.5) is 0 Å². The van der Waals surface area contributed by atoms with Crippen molar-refractivity contribution in [1.82, 2.24) is 24.4 Å². The molecule has 0 radical (unpaired) electrons. The summed E-state index contributed by atoms with van der Waals surface area (Å²) >= 11 is 0. The highest BCUT2D eigenvalue weighted by molar-refractivity contribution is 7.89. The molecular formula is C15H17N5O3S. The standard InChI is InChI=1S/C15H17N5O3S/c1-10-13-6-12(8-17-15(13)23-19-10)24(21,22)18-7-11-2-3-14-16-4-5-20(14)9-11/h4-6,8,11,18H,2-3,7,9H2,1H3/t11-/m0/s1. The van der Waals surface area contributed by atoms with E-state index in [0.717, 1.165) is 25.2 Å². The summed E-state index contributed by atoms with van der Waals surface area (Å²) in [5.41, 5.74) is 0.959. The molecule has 4 rings (SSSR count). The molecule has 0 saturated carbocycles. The van der Waals surface area contributed by atoms with Gasteiger partial charge in [0.25, 0.3) is 5.71 Å². The predicted octanol–water partition coefficient (Wildman–Crippen LogP) is 1.27. The zero-order valence-corrected chi connectivity index (χ0v) is 14.0. The molecule has 0 spiro atoms. The number of imidazole rings is 1. The van der Waals surface area contributed by atoms with Crippen molar-refractivity contribution in [2.45, 2.75) is 31.2 Å². The molecule has 24 heavy (non-hydrogen) atoms.